The van der Waals surface area contributed by atoms with Crippen molar-refractivity contribution in [3.05, 3.63) is 42.0 Å². The van der Waals surface area contributed by atoms with Crippen LogP contribution in [0.1, 0.15) is 31.7 Å². The Morgan fingerprint density at radius 1 is 1.04 bits per heavy atom. The number of alkyl halides is 3. The van der Waals surface area contributed by atoms with Crippen LogP contribution in [0.4, 0.5) is 18.9 Å². The van der Waals surface area contributed by atoms with Gasteiger partial charge in [-0.15, -0.1) is 13.2 Å². The molecule has 0 spiro atoms. The van der Waals surface area contributed by atoms with E-state index in [0.717, 1.165) is 43.5 Å². The Morgan fingerprint density at radius 2 is 1.61 bits per heavy atom. The zero-order chi connectivity index (χ0) is 20.9. The predicted octanol–water partition coefficient (Wildman–Crippen LogP) is 4.53. The third-order valence-corrected chi connectivity index (χ3v) is 5.20. The van der Waals surface area contributed by atoms with Gasteiger partial charge in [-0.1, -0.05) is 19.8 Å². The van der Waals surface area contributed by atoms with Crippen molar-refractivity contribution in [3.8, 4) is 17.2 Å². The molecule has 0 fully saturated rings. The molecule has 0 bridgehead atoms. The van der Waals surface area contributed by atoms with E-state index in [-0.39, 0.29) is 4.90 Å². The average molecular weight is 419 g/mol. The first kappa shape index (κ1) is 21.7. The lowest BCUT2D eigenvalue weighted by atomic mass is 10.1. The molecule has 2 aromatic rings. The molecule has 0 radical (unpaired) electrons. The fourth-order valence-corrected chi connectivity index (χ4v) is 3.60. The number of benzene rings is 2. The van der Waals surface area contributed by atoms with Gasteiger partial charge in [0.25, 0.3) is 10.0 Å². The number of nitrogens with one attached hydrogen (secondary N) is 1. The summed E-state index contributed by atoms with van der Waals surface area (Å²) in [6.07, 6.45) is -1.45. The van der Waals surface area contributed by atoms with Crippen molar-refractivity contribution < 1.29 is 36.5 Å². The van der Waals surface area contributed by atoms with Gasteiger partial charge in [0, 0.05) is 0 Å². The molecule has 0 atom stereocenters. The highest BCUT2D eigenvalue weighted by Gasteiger charge is 2.31. The molecule has 3 N–H and O–H groups in total. The van der Waals surface area contributed by atoms with Crippen LogP contribution < -0.4 is 9.46 Å². The summed E-state index contributed by atoms with van der Waals surface area (Å²) in [5.74, 6) is -1.48. The Morgan fingerprint density at radius 3 is 2.11 bits per heavy atom. The van der Waals surface area contributed by atoms with E-state index in [1.165, 1.54) is 12.1 Å². The molecule has 2 aromatic carbocycles. The number of sulfonamides is 1. The standard InChI is InChI=1S/C18H20F3NO5S/c1-2-3-4-5-12-10-15(23)17(16(24)11-12)22-28(25,26)14-8-6-13(7-9-14)27-18(19,20)21/h6-11,22-24H,2-5H2,1H3. The third kappa shape index (κ3) is 5.95. The summed E-state index contributed by atoms with van der Waals surface area (Å²) in [6.45, 7) is 2.04. The van der Waals surface area contributed by atoms with E-state index in [2.05, 4.69) is 4.74 Å². The maximum absolute atomic E-state index is 12.4. The largest absolute Gasteiger partial charge is 0.573 e. The van der Waals surface area contributed by atoms with Crippen LogP contribution in [0.2, 0.25) is 0 Å². The van der Waals surface area contributed by atoms with E-state index in [0.29, 0.717) is 12.0 Å². The number of ether oxygens (including phenoxy) is 1. The molecule has 0 aromatic heterocycles. The van der Waals surface area contributed by atoms with Crippen LogP contribution in [-0.4, -0.2) is 25.0 Å². The second-order valence-electron chi connectivity index (χ2n) is 6.09. The van der Waals surface area contributed by atoms with Gasteiger partial charge in [0.1, 0.15) is 22.9 Å². The predicted molar refractivity (Wildman–Crippen MR) is 96.9 cm³/mol. The normalized spacial score (nSPS) is 12.0. The van der Waals surface area contributed by atoms with Gasteiger partial charge in [-0.3, -0.25) is 4.72 Å². The van der Waals surface area contributed by atoms with E-state index >= 15 is 0 Å². The monoisotopic (exact) mass is 419 g/mol. The van der Waals surface area contributed by atoms with Gasteiger partial charge in [0.15, 0.2) is 0 Å². The Labute approximate surface area is 160 Å². The molecule has 0 saturated carbocycles. The number of rotatable bonds is 8. The molecule has 0 aliphatic rings. The quantitative estimate of drug-likeness (QED) is 0.432. The first-order valence-corrected chi connectivity index (χ1v) is 9.93. The SMILES string of the molecule is CCCCCc1cc(O)c(NS(=O)(=O)c2ccc(OC(F)(F)F)cc2)c(O)c1. The fourth-order valence-electron chi connectivity index (χ4n) is 2.51. The highest BCUT2D eigenvalue weighted by molar-refractivity contribution is 7.92. The Hall–Kier alpha value is -2.62. The van der Waals surface area contributed by atoms with Crippen molar-refractivity contribution in [1.82, 2.24) is 0 Å². The molecule has 10 heteroatoms. The van der Waals surface area contributed by atoms with Gasteiger partial charge >= 0.3 is 6.36 Å². The molecular formula is C18H20F3NO5S. The van der Waals surface area contributed by atoms with Gasteiger partial charge in [0.2, 0.25) is 0 Å². The summed E-state index contributed by atoms with van der Waals surface area (Å²) in [7, 11) is -4.26. The Balaban J connectivity index is 2.19. The van der Waals surface area contributed by atoms with Crippen LogP contribution in [0.3, 0.4) is 0 Å². The molecule has 154 valence electrons. The summed E-state index contributed by atoms with van der Waals surface area (Å²) in [5, 5.41) is 20.2. The minimum absolute atomic E-state index is 0.368. The molecule has 28 heavy (non-hydrogen) atoms. The third-order valence-electron chi connectivity index (χ3n) is 3.83. The second-order valence-corrected chi connectivity index (χ2v) is 7.77. The first-order valence-electron chi connectivity index (χ1n) is 8.45. The first-order chi connectivity index (χ1) is 13.0. The number of unbranched alkanes of at least 4 members (excludes halogenated alkanes) is 2. The number of phenolic OH excluding ortho intramolecular Hbond substituents is 2. The molecule has 6 nitrogen and oxygen atoms in total. The molecule has 0 unspecified atom stereocenters. The maximum Gasteiger partial charge on any atom is 0.573 e. The lowest BCUT2D eigenvalue weighted by molar-refractivity contribution is -0.274. The van der Waals surface area contributed by atoms with Gasteiger partial charge in [-0.2, -0.15) is 0 Å². The number of phenols is 2. The fraction of sp³-hybridized carbons (Fsp3) is 0.333. The summed E-state index contributed by atoms with van der Waals surface area (Å²) < 4.78 is 67.1. The topological polar surface area (TPSA) is 95.9 Å². The van der Waals surface area contributed by atoms with Crippen molar-refractivity contribution >= 4 is 15.7 Å². The van der Waals surface area contributed by atoms with Gasteiger partial charge < -0.3 is 14.9 Å². The molecule has 0 heterocycles. The highest BCUT2D eigenvalue weighted by atomic mass is 32.2. The number of aryl methyl sites for hydroxylation is 1. The zero-order valence-electron chi connectivity index (χ0n) is 15.0. The number of anilines is 1. The molecule has 0 saturated heterocycles. The van der Waals surface area contributed by atoms with Crippen molar-refractivity contribution in [2.24, 2.45) is 0 Å². The van der Waals surface area contributed by atoms with Crippen LogP contribution in [0.15, 0.2) is 41.3 Å². The summed E-state index contributed by atoms with van der Waals surface area (Å²) in [4.78, 5) is -0.368. The second kappa shape index (κ2) is 8.59. The smallest absolute Gasteiger partial charge is 0.506 e. The van der Waals surface area contributed by atoms with Gasteiger partial charge in [-0.25, -0.2) is 8.42 Å². The maximum atomic E-state index is 12.4. The highest BCUT2D eigenvalue weighted by Crippen LogP contribution is 2.36. The van der Waals surface area contributed by atoms with Crippen molar-refractivity contribution in [3.63, 3.8) is 0 Å². The van der Waals surface area contributed by atoms with Crippen LogP contribution in [0, 0.1) is 0 Å². The van der Waals surface area contributed by atoms with E-state index in [9.17, 15) is 31.8 Å². The number of hydrogen-bond acceptors (Lipinski definition) is 5. The summed E-state index contributed by atoms with van der Waals surface area (Å²) in [5.41, 5.74) is 0.245. The Kier molecular flexibility index (Phi) is 6.65. The van der Waals surface area contributed by atoms with E-state index < -0.39 is 39.3 Å². The number of halogens is 3. The van der Waals surface area contributed by atoms with Crippen LogP contribution in [0.5, 0.6) is 17.2 Å². The lowest BCUT2D eigenvalue weighted by Gasteiger charge is -2.14. The van der Waals surface area contributed by atoms with Crippen LogP contribution in [0.25, 0.3) is 0 Å². The summed E-state index contributed by atoms with van der Waals surface area (Å²) >= 11 is 0. The van der Waals surface area contributed by atoms with E-state index in [1.807, 2.05) is 11.6 Å². The van der Waals surface area contributed by atoms with E-state index in [4.69, 9.17) is 0 Å². The van der Waals surface area contributed by atoms with Gasteiger partial charge in [-0.05, 0) is 54.8 Å². The van der Waals surface area contributed by atoms with Crippen molar-refractivity contribution in [2.45, 2.75) is 43.9 Å². The lowest BCUT2D eigenvalue weighted by Crippen LogP contribution is -2.17. The molecular weight excluding hydrogens is 399 g/mol. The van der Waals surface area contributed by atoms with Crippen LogP contribution >= 0.6 is 0 Å². The Bertz CT molecular complexity index is 889. The zero-order valence-corrected chi connectivity index (χ0v) is 15.8. The van der Waals surface area contributed by atoms with Crippen molar-refractivity contribution in [2.75, 3.05) is 4.72 Å². The molecule has 2 rings (SSSR count). The number of hydrogen-bond donors (Lipinski definition) is 3. The molecule has 0 amide bonds. The van der Waals surface area contributed by atoms with E-state index in [1.54, 1.807) is 0 Å². The van der Waals surface area contributed by atoms with Crippen molar-refractivity contribution in [1.29, 1.82) is 0 Å². The molecule has 0 aliphatic heterocycles. The minimum atomic E-state index is -4.89. The number of aromatic hydroxyl groups is 2. The minimum Gasteiger partial charge on any atom is -0.506 e. The average Bonchev–Trinajstić information content (AvgIpc) is 2.57. The van der Waals surface area contributed by atoms with Gasteiger partial charge in [0.05, 0.1) is 4.90 Å². The summed E-state index contributed by atoms with van der Waals surface area (Å²) in [6, 6.07) is 6.23. The molecule has 0 aliphatic carbocycles. The van der Waals surface area contributed by atoms with Crippen LogP contribution in [-0.2, 0) is 16.4 Å².